The van der Waals surface area contributed by atoms with Crippen LogP contribution in [0.15, 0.2) is 24.5 Å². The van der Waals surface area contributed by atoms with E-state index in [9.17, 15) is 9.90 Å². The third-order valence-electron chi connectivity index (χ3n) is 3.08. The maximum Gasteiger partial charge on any atom is 0.311 e. The van der Waals surface area contributed by atoms with Gasteiger partial charge in [-0.1, -0.05) is 58.0 Å². The third-order valence-corrected chi connectivity index (χ3v) is 5.39. The van der Waals surface area contributed by atoms with Crippen molar-refractivity contribution in [2.75, 3.05) is 0 Å². The normalized spacial score (nSPS) is 12.2. The maximum absolute atomic E-state index is 11.7. The number of hydrogen-bond donors (Lipinski definition) is 1. The molecule has 0 fully saturated rings. The van der Waals surface area contributed by atoms with E-state index in [0.29, 0.717) is 0 Å². The first-order valence-electron chi connectivity index (χ1n) is 5.97. The van der Waals surface area contributed by atoms with Crippen LogP contribution in [0.4, 0.5) is 0 Å². The fourth-order valence-corrected chi connectivity index (χ4v) is 3.41. The van der Waals surface area contributed by atoms with E-state index in [0.717, 1.165) is 5.56 Å². The van der Waals surface area contributed by atoms with Gasteiger partial charge in [0.05, 0.1) is 31.0 Å². The average Bonchev–Trinajstić information content (AvgIpc) is 2.51. The van der Waals surface area contributed by atoms with Gasteiger partial charge in [-0.3, -0.25) is 9.78 Å². The number of nitrogens with zero attached hydrogens (tertiary/aromatic N) is 1. The lowest BCUT2D eigenvalue weighted by Crippen LogP contribution is -2.16. The molecule has 1 atom stereocenters. The van der Waals surface area contributed by atoms with Crippen molar-refractivity contribution < 1.29 is 9.90 Å². The Morgan fingerprint density at radius 3 is 1.86 bits per heavy atom. The van der Waals surface area contributed by atoms with E-state index in [1.54, 1.807) is 24.5 Å². The molecule has 1 unspecified atom stereocenters. The highest BCUT2D eigenvalue weighted by atomic mass is 35.5. The molecule has 2 aromatic rings. The second-order valence-corrected chi connectivity index (χ2v) is 6.32. The van der Waals surface area contributed by atoms with Crippen LogP contribution in [-0.2, 0) is 11.2 Å². The van der Waals surface area contributed by atoms with Crippen LogP contribution in [0.5, 0.6) is 0 Å². The van der Waals surface area contributed by atoms with Crippen LogP contribution in [0.25, 0.3) is 0 Å². The van der Waals surface area contributed by atoms with Crippen LogP contribution >= 0.6 is 58.0 Å². The highest BCUT2D eigenvalue weighted by Crippen LogP contribution is 2.47. The first-order valence-corrected chi connectivity index (χ1v) is 7.86. The molecule has 22 heavy (non-hydrogen) atoms. The number of pyridine rings is 1. The SMILES string of the molecule is O=C(O)C(Cc1ccncc1)c1c(Cl)c(Cl)c(Cl)c(Cl)c1Cl. The third kappa shape index (κ3) is 3.44. The number of aliphatic carboxylic acids is 1. The standard InChI is InChI=1S/C14H8Cl5NO2/c15-9-8(10(16)12(18)13(19)11(9)17)7(14(21)22)5-6-1-3-20-4-2-6/h1-4,7H,5H2,(H,21,22). The largest absolute Gasteiger partial charge is 0.481 e. The minimum atomic E-state index is -1.10. The van der Waals surface area contributed by atoms with Crippen molar-refractivity contribution in [3.63, 3.8) is 0 Å². The lowest BCUT2D eigenvalue weighted by molar-refractivity contribution is -0.138. The topological polar surface area (TPSA) is 50.2 Å². The van der Waals surface area contributed by atoms with Gasteiger partial charge in [0.1, 0.15) is 0 Å². The van der Waals surface area contributed by atoms with Gasteiger partial charge in [0.25, 0.3) is 0 Å². The Morgan fingerprint density at radius 1 is 0.955 bits per heavy atom. The Labute approximate surface area is 151 Å². The Kier molecular flexibility index (Phi) is 5.81. The molecule has 0 amide bonds. The molecule has 3 nitrogen and oxygen atoms in total. The summed E-state index contributed by atoms with van der Waals surface area (Å²) < 4.78 is 0. The molecule has 116 valence electrons. The van der Waals surface area contributed by atoms with Crippen molar-refractivity contribution in [3.8, 4) is 0 Å². The molecule has 1 heterocycles. The molecule has 0 saturated heterocycles. The summed E-state index contributed by atoms with van der Waals surface area (Å²) in [5.74, 6) is -2.12. The van der Waals surface area contributed by atoms with Crippen molar-refractivity contribution in [2.45, 2.75) is 12.3 Å². The lowest BCUT2D eigenvalue weighted by atomic mass is 9.92. The van der Waals surface area contributed by atoms with E-state index in [1.165, 1.54) is 0 Å². The monoisotopic (exact) mass is 397 g/mol. The number of benzene rings is 1. The summed E-state index contributed by atoms with van der Waals surface area (Å²) in [5, 5.41) is 9.47. The van der Waals surface area contributed by atoms with Crippen LogP contribution < -0.4 is 0 Å². The minimum Gasteiger partial charge on any atom is -0.481 e. The van der Waals surface area contributed by atoms with Crippen LogP contribution in [0.1, 0.15) is 17.0 Å². The van der Waals surface area contributed by atoms with Gasteiger partial charge < -0.3 is 5.11 Å². The first-order chi connectivity index (χ1) is 10.3. The van der Waals surface area contributed by atoms with E-state index in [-0.39, 0.29) is 37.1 Å². The summed E-state index contributed by atoms with van der Waals surface area (Å²) in [6.07, 6.45) is 3.30. The fraction of sp³-hybridized carbons (Fsp3) is 0.143. The molecule has 0 aliphatic heterocycles. The van der Waals surface area contributed by atoms with Crippen molar-refractivity contribution >= 4 is 64.0 Å². The number of carbonyl (C=O) groups is 1. The van der Waals surface area contributed by atoms with Gasteiger partial charge in [0, 0.05) is 18.0 Å². The molecule has 2 rings (SSSR count). The smallest absolute Gasteiger partial charge is 0.311 e. The van der Waals surface area contributed by atoms with Gasteiger partial charge >= 0.3 is 5.97 Å². The number of hydrogen-bond acceptors (Lipinski definition) is 2. The molecule has 1 N–H and O–H groups in total. The second kappa shape index (κ2) is 7.24. The number of rotatable bonds is 4. The number of carboxylic acid groups (broad SMARTS) is 1. The molecular formula is C14H8Cl5NO2. The predicted octanol–water partition coefficient (Wildman–Crippen LogP) is 5.76. The zero-order valence-electron chi connectivity index (χ0n) is 10.8. The van der Waals surface area contributed by atoms with E-state index in [1.807, 2.05) is 0 Å². The molecule has 0 bridgehead atoms. The summed E-state index contributed by atoms with van der Waals surface area (Å²) in [6, 6.07) is 3.41. The zero-order valence-corrected chi connectivity index (χ0v) is 14.6. The van der Waals surface area contributed by atoms with Crippen molar-refractivity contribution in [1.82, 2.24) is 4.98 Å². The highest BCUT2D eigenvalue weighted by molar-refractivity contribution is 6.55. The maximum atomic E-state index is 11.7. The van der Waals surface area contributed by atoms with Gasteiger partial charge in [-0.05, 0) is 24.1 Å². The Hall–Kier alpha value is -0.710. The summed E-state index contributed by atoms with van der Waals surface area (Å²) in [7, 11) is 0. The van der Waals surface area contributed by atoms with Crippen molar-refractivity contribution in [2.24, 2.45) is 0 Å². The van der Waals surface area contributed by atoms with Gasteiger partial charge in [-0.2, -0.15) is 0 Å². The molecule has 0 saturated carbocycles. The molecule has 1 aromatic carbocycles. The second-order valence-electron chi connectivity index (χ2n) is 4.43. The Morgan fingerprint density at radius 2 is 1.41 bits per heavy atom. The Balaban J connectivity index is 2.57. The molecule has 1 aromatic heterocycles. The van der Waals surface area contributed by atoms with Crippen LogP contribution in [0.3, 0.4) is 0 Å². The molecule has 0 spiro atoms. The molecule has 0 radical (unpaired) electrons. The van der Waals surface area contributed by atoms with Crippen molar-refractivity contribution in [1.29, 1.82) is 0 Å². The summed E-state index contributed by atoms with van der Waals surface area (Å²) in [5.41, 5.74) is 0.906. The van der Waals surface area contributed by atoms with E-state index in [4.69, 9.17) is 58.0 Å². The highest BCUT2D eigenvalue weighted by Gasteiger charge is 2.30. The Bertz CT molecular complexity index is 692. The molecule has 8 heteroatoms. The first kappa shape index (κ1) is 17.6. The van der Waals surface area contributed by atoms with Gasteiger partial charge in [-0.25, -0.2) is 0 Å². The number of carboxylic acids is 1. The number of aromatic nitrogens is 1. The molecular weight excluding hydrogens is 391 g/mol. The predicted molar refractivity (Wildman–Crippen MR) is 89.8 cm³/mol. The quantitative estimate of drug-likeness (QED) is 0.525. The molecule has 0 aliphatic carbocycles. The zero-order chi connectivity index (χ0) is 16.4. The van der Waals surface area contributed by atoms with Crippen molar-refractivity contribution in [3.05, 3.63) is 60.8 Å². The van der Waals surface area contributed by atoms with E-state index in [2.05, 4.69) is 4.98 Å². The summed E-state index contributed by atoms with van der Waals surface area (Å²) in [4.78, 5) is 15.6. The summed E-state index contributed by atoms with van der Waals surface area (Å²) in [6.45, 7) is 0. The summed E-state index contributed by atoms with van der Waals surface area (Å²) >= 11 is 30.2. The van der Waals surface area contributed by atoms with E-state index < -0.39 is 11.9 Å². The van der Waals surface area contributed by atoms with Gasteiger partial charge in [-0.15, -0.1) is 0 Å². The van der Waals surface area contributed by atoms with Crippen LogP contribution in [0.2, 0.25) is 25.1 Å². The fourth-order valence-electron chi connectivity index (χ4n) is 2.00. The average molecular weight is 399 g/mol. The van der Waals surface area contributed by atoms with Crippen LogP contribution in [0, 0.1) is 0 Å². The van der Waals surface area contributed by atoms with E-state index >= 15 is 0 Å². The van der Waals surface area contributed by atoms with Gasteiger partial charge in [0.15, 0.2) is 0 Å². The minimum absolute atomic E-state index is 0.00451. The number of halogens is 5. The van der Waals surface area contributed by atoms with Gasteiger partial charge in [0.2, 0.25) is 0 Å². The lowest BCUT2D eigenvalue weighted by Gasteiger charge is -2.18. The molecule has 0 aliphatic rings. The van der Waals surface area contributed by atoms with Crippen LogP contribution in [-0.4, -0.2) is 16.1 Å².